The minimum atomic E-state index is -0.517. The van der Waals surface area contributed by atoms with Crippen molar-refractivity contribution in [1.82, 2.24) is 5.32 Å². The van der Waals surface area contributed by atoms with Crippen LogP contribution in [0.15, 0.2) is 18.2 Å². The summed E-state index contributed by atoms with van der Waals surface area (Å²) < 4.78 is 23.8. The summed E-state index contributed by atoms with van der Waals surface area (Å²) in [4.78, 5) is 11.8. The highest BCUT2D eigenvalue weighted by Gasteiger charge is 2.22. The molecule has 0 aromatic heterocycles. The van der Waals surface area contributed by atoms with Gasteiger partial charge in [-0.3, -0.25) is 0 Å². The third-order valence-electron chi connectivity index (χ3n) is 3.02. The van der Waals surface area contributed by atoms with Gasteiger partial charge in [-0.15, -0.1) is 0 Å². The van der Waals surface area contributed by atoms with Crippen molar-refractivity contribution in [3.63, 3.8) is 0 Å². The van der Waals surface area contributed by atoms with Gasteiger partial charge in [0.25, 0.3) is 0 Å². The van der Waals surface area contributed by atoms with Crippen LogP contribution in [0.25, 0.3) is 0 Å². The Morgan fingerprint density at radius 3 is 2.76 bits per heavy atom. The first-order valence-corrected chi connectivity index (χ1v) is 6.75. The summed E-state index contributed by atoms with van der Waals surface area (Å²) in [5.74, 6) is -0.420. The van der Waals surface area contributed by atoms with Crippen LogP contribution in [0.5, 0.6) is 0 Å². The highest BCUT2D eigenvalue weighted by molar-refractivity contribution is 5.89. The summed E-state index contributed by atoms with van der Waals surface area (Å²) in [7, 11) is 0. The fourth-order valence-corrected chi connectivity index (χ4v) is 2.12. The number of aryl methyl sites for hydroxylation is 1. The number of carbonyl (C=O) groups is 1. The molecule has 1 heterocycles. The quantitative estimate of drug-likeness (QED) is 0.767. The Balaban J connectivity index is 1.86. The number of halogens is 1. The van der Waals surface area contributed by atoms with E-state index >= 15 is 0 Å². The average Bonchev–Trinajstić information content (AvgIpc) is 2.89. The molecule has 0 saturated carbocycles. The Morgan fingerprint density at radius 1 is 1.43 bits per heavy atom. The second-order valence-electron chi connectivity index (χ2n) is 4.90. The number of aliphatic hydroxyl groups is 1. The highest BCUT2D eigenvalue weighted by Crippen LogP contribution is 2.14. The number of nitrogens with one attached hydrogen (secondary N) is 2. The van der Waals surface area contributed by atoms with Crippen molar-refractivity contribution in [3.8, 4) is 0 Å². The molecule has 2 rings (SSSR count). The predicted octanol–water partition coefficient (Wildman–Crippen LogP) is 1.38. The summed E-state index contributed by atoms with van der Waals surface area (Å²) in [6, 6.07) is 3.23. The molecule has 0 spiro atoms. The summed E-state index contributed by atoms with van der Waals surface area (Å²) in [6.07, 6.45) is -0.0644. The molecule has 7 heteroatoms. The third-order valence-corrected chi connectivity index (χ3v) is 3.02. The lowest BCUT2D eigenvalue weighted by molar-refractivity contribution is -0.0548. The lowest BCUT2D eigenvalue weighted by Gasteiger charge is -2.19. The van der Waals surface area contributed by atoms with Crippen LogP contribution in [0.4, 0.5) is 14.9 Å². The van der Waals surface area contributed by atoms with Gasteiger partial charge in [-0.05, 0) is 30.7 Å². The Morgan fingerprint density at radius 2 is 2.14 bits per heavy atom. The van der Waals surface area contributed by atoms with Crippen LogP contribution in [-0.4, -0.2) is 43.3 Å². The van der Waals surface area contributed by atoms with Gasteiger partial charge >= 0.3 is 6.03 Å². The molecule has 1 aromatic rings. The second-order valence-corrected chi connectivity index (χ2v) is 4.90. The first-order valence-electron chi connectivity index (χ1n) is 6.75. The maximum Gasteiger partial charge on any atom is 0.319 e. The van der Waals surface area contributed by atoms with Crippen LogP contribution in [0.1, 0.15) is 12.0 Å². The minimum Gasteiger partial charge on any atom is -0.394 e. The molecule has 1 aliphatic heterocycles. The van der Waals surface area contributed by atoms with E-state index in [-0.39, 0.29) is 6.61 Å². The number of hydrogen-bond acceptors (Lipinski definition) is 4. The number of urea groups is 1. The molecular formula is C14H19FN2O4. The van der Waals surface area contributed by atoms with E-state index in [2.05, 4.69) is 10.6 Å². The number of rotatable bonds is 5. The zero-order valence-corrected chi connectivity index (χ0v) is 11.8. The van der Waals surface area contributed by atoms with Crippen molar-refractivity contribution in [2.75, 3.05) is 25.1 Å². The molecule has 1 aliphatic rings. The van der Waals surface area contributed by atoms with Crippen LogP contribution < -0.4 is 10.6 Å². The van der Waals surface area contributed by atoms with E-state index in [0.717, 1.165) is 0 Å². The highest BCUT2D eigenvalue weighted by atomic mass is 19.1. The molecule has 6 nitrogen and oxygen atoms in total. The fourth-order valence-electron chi connectivity index (χ4n) is 2.12. The van der Waals surface area contributed by atoms with Gasteiger partial charge in [0.15, 0.2) is 6.29 Å². The zero-order valence-electron chi connectivity index (χ0n) is 11.8. The largest absolute Gasteiger partial charge is 0.394 e. The zero-order chi connectivity index (χ0) is 15.2. The van der Waals surface area contributed by atoms with Crippen LogP contribution in [-0.2, 0) is 9.47 Å². The molecule has 1 fully saturated rings. The Bertz CT molecular complexity index is 472. The van der Waals surface area contributed by atoms with Gasteiger partial charge in [-0.2, -0.15) is 0 Å². The summed E-state index contributed by atoms with van der Waals surface area (Å²) >= 11 is 0. The van der Waals surface area contributed by atoms with E-state index in [4.69, 9.17) is 9.47 Å². The Hall–Kier alpha value is -1.70. The summed E-state index contributed by atoms with van der Waals surface area (Å²) in [5, 5.41) is 14.4. The molecular weight excluding hydrogens is 279 g/mol. The molecule has 2 amide bonds. The molecule has 1 atom stereocenters. The molecule has 1 saturated heterocycles. The predicted molar refractivity (Wildman–Crippen MR) is 74.5 cm³/mol. The van der Waals surface area contributed by atoms with Crippen molar-refractivity contribution in [1.29, 1.82) is 0 Å². The molecule has 1 aromatic carbocycles. The average molecular weight is 298 g/mol. The normalized spacial score (nSPS) is 16.7. The number of amides is 2. The maximum atomic E-state index is 13.2. The van der Waals surface area contributed by atoms with Gasteiger partial charge in [0, 0.05) is 12.1 Å². The maximum absolute atomic E-state index is 13.2. The summed E-state index contributed by atoms with van der Waals surface area (Å²) in [6.45, 7) is 2.52. The molecule has 21 heavy (non-hydrogen) atoms. The van der Waals surface area contributed by atoms with E-state index in [1.54, 1.807) is 13.0 Å². The van der Waals surface area contributed by atoms with Gasteiger partial charge in [0.2, 0.25) is 0 Å². The monoisotopic (exact) mass is 298 g/mol. The summed E-state index contributed by atoms with van der Waals surface area (Å²) in [5.41, 5.74) is 1.06. The van der Waals surface area contributed by atoms with Crippen molar-refractivity contribution < 1.29 is 23.8 Å². The lowest BCUT2D eigenvalue weighted by atomic mass is 10.2. The van der Waals surface area contributed by atoms with E-state index in [1.807, 2.05) is 0 Å². The van der Waals surface area contributed by atoms with Crippen molar-refractivity contribution in [2.24, 2.45) is 0 Å². The molecule has 116 valence electrons. The van der Waals surface area contributed by atoms with Crippen molar-refractivity contribution >= 4 is 11.7 Å². The number of benzene rings is 1. The van der Waals surface area contributed by atoms with Gasteiger partial charge in [-0.1, -0.05) is 0 Å². The second kappa shape index (κ2) is 7.35. The van der Waals surface area contributed by atoms with E-state index < -0.39 is 24.2 Å². The number of hydrogen-bond donors (Lipinski definition) is 3. The first-order chi connectivity index (χ1) is 10.1. The standard InChI is InChI=1S/C14H19FN2O4/c1-9-4-10(15)6-11(5-9)16-14(19)17-12(8-18)7-13-20-2-3-21-13/h4-6,12-13,18H,2-3,7-8H2,1H3,(H2,16,17,19). The Kier molecular flexibility index (Phi) is 5.49. The number of carbonyl (C=O) groups excluding carboxylic acids is 1. The van der Waals surface area contributed by atoms with Crippen molar-refractivity contribution in [2.45, 2.75) is 25.7 Å². The van der Waals surface area contributed by atoms with Crippen LogP contribution >= 0.6 is 0 Å². The Labute approximate surface area is 122 Å². The molecule has 0 aliphatic carbocycles. The SMILES string of the molecule is Cc1cc(F)cc(NC(=O)NC(CO)CC2OCCO2)c1. The number of aliphatic hydroxyl groups excluding tert-OH is 1. The fraction of sp³-hybridized carbons (Fsp3) is 0.500. The van der Waals surface area contributed by atoms with Gasteiger partial charge < -0.3 is 25.2 Å². The smallest absolute Gasteiger partial charge is 0.319 e. The van der Waals surface area contributed by atoms with E-state index in [0.29, 0.717) is 30.9 Å². The molecule has 1 unspecified atom stereocenters. The molecule has 0 bridgehead atoms. The van der Waals surface area contributed by atoms with Gasteiger partial charge in [-0.25, -0.2) is 9.18 Å². The van der Waals surface area contributed by atoms with Crippen LogP contribution in [0.2, 0.25) is 0 Å². The third kappa shape index (κ3) is 4.96. The van der Waals surface area contributed by atoms with Gasteiger partial charge in [0.05, 0.1) is 25.9 Å². The molecule has 0 radical (unpaired) electrons. The first kappa shape index (κ1) is 15.7. The van der Waals surface area contributed by atoms with E-state index in [9.17, 15) is 14.3 Å². The van der Waals surface area contributed by atoms with Crippen LogP contribution in [0, 0.1) is 12.7 Å². The van der Waals surface area contributed by atoms with E-state index in [1.165, 1.54) is 12.1 Å². The number of ether oxygens (including phenoxy) is 2. The van der Waals surface area contributed by atoms with Crippen molar-refractivity contribution in [3.05, 3.63) is 29.6 Å². The topological polar surface area (TPSA) is 79.8 Å². The van der Waals surface area contributed by atoms with Crippen LogP contribution in [0.3, 0.4) is 0 Å². The van der Waals surface area contributed by atoms with Gasteiger partial charge in [0.1, 0.15) is 5.82 Å². The minimum absolute atomic E-state index is 0.237. The number of anilines is 1. The lowest BCUT2D eigenvalue weighted by Crippen LogP contribution is -2.42. The molecule has 3 N–H and O–H groups in total.